The van der Waals surface area contributed by atoms with Gasteiger partial charge >= 0.3 is 0 Å². The van der Waals surface area contributed by atoms with Crippen LogP contribution in [0.15, 0.2) is 16.9 Å². The van der Waals surface area contributed by atoms with Gasteiger partial charge in [-0.3, -0.25) is 4.90 Å². The molecule has 5 heteroatoms. The molecule has 0 saturated carbocycles. The van der Waals surface area contributed by atoms with Gasteiger partial charge in [0.25, 0.3) is 0 Å². The van der Waals surface area contributed by atoms with Gasteiger partial charge in [-0.05, 0) is 7.05 Å². The molecule has 0 saturated heterocycles. The number of rotatable bonds is 1. The number of hydrogen-bond donors (Lipinski definition) is 0. The average molecular weight is 204 g/mol. The molecule has 1 aliphatic heterocycles. The summed E-state index contributed by atoms with van der Waals surface area (Å²) in [6.07, 6.45) is 1.57. The highest BCUT2D eigenvalue weighted by atomic mass is 16.5. The fraction of sp³-hybridized carbons (Fsp3) is 0.400. The van der Waals surface area contributed by atoms with Gasteiger partial charge in [-0.2, -0.15) is 0 Å². The number of imidazole rings is 1. The highest BCUT2D eigenvalue weighted by Gasteiger charge is 2.24. The average Bonchev–Trinajstić information content (AvgIpc) is 2.84. The molecule has 0 aliphatic carbocycles. The number of hydrogen-bond acceptors (Lipinski definition) is 4. The minimum absolute atomic E-state index is 0.801. The van der Waals surface area contributed by atoms with E-state index < -0.39 is 0 Å². The Balaban J connectivity index is 2.10. The SMILES string of the molecule is CN1Cc2nc(-c3ccon3)n(C)c2C1. The van der Waals surface area contributed by atoms with E-state index in [4.69, 9.17) is 4.52 Å². The molecule has 5 nitrogen and oxygen atoms in total. The maximum Gasteiger partial charge on any atom is 0.162 e. The normalized spacial score (nSPS) is 15.9. The molecule has 0 N–H and O–H groups in total. The Kier molecular flexibility index (Phi) is 1.70. The summed E-state index contributed by atoms with van der Waals surface area (Å²) in [5, 5.41) is 3.91. The number of nitrogens with zero attached hydrogens (tertiary/aromatic N) is 4. The summed E-state index contributed by atoms with van der Waals surface area (Å²) in [4.78, 5) is 6.82. The molecule has 0 unspecified atom stereocenters. The third-order valence-corrected chi connectivity index (χ3v) is 2.80. The second-order valence-corrected chi connectivity index (χ2v) is 3.94. The summed E-state index contributed by atoms with van der Waals surface area (Å²) < 4.78 is 6.93. The molecular weight excluding hydrogens is 192 g/mol. The van der Waals surface area contributed by atoms with Crippen LogP contribution in [0.1, 0.15) is 11.4 Å². The van der Waals surface area contributed by atoms with Gasteiger partial charge in [-0.25, -0.2) is 4.98 Å². The van der Waals surface area contributed by atoms with E-state index in [2.05, 4.69) is 26.7 Å². The lowest BCUT2D eigenvalue weighted by molar-refractivity contribution is 0.344. The van der Waals surface area contributed by atoms with Gasteiger partial charge in [0.15, 0.2) is 5.82 Å². The van der Waals surface area contributed by atoms with Crippen LogP contribution in [0.2, 0.25) is 0 Å². The van der Waals surface area contributed by atoms with Gasteiger partial charge in [0.2, 0.25) is 0 Å². The van der Waals surface area contributed by atoms with Crippen molar-refractivity contribution in [3.05, 3.63) is 23.7 Å². The van der Waals surface area contributed by atoms with Crippen molar-refractivity contribution in [3.63, 3.8) is 0 Å². The first-order chi connectivity index (χ1) is 7.25. The highest BCUT2D eigenvalue weighted by molar-refractivity contribution is 5.50. The van der Waals surface area contributed by atoms with Crippen molar-refractivity contribution in [1.29, 1.82) is 0 Å². The summed E-state index contributed by atoms with van der Waals surface area (Å²) in [5.74, 6) is 0.891. The lowest BCUT2D eigenvalue weighted by atomic mass is 10.4. The van der Waals surface area contributed by atoms with Crippen molar-refractivity contribution in [2.75, 3.05) is 7.05 Å². The molecule has 78 valence electrons. The first-order valence-electron chi connectivity index (χ1n) is 4.89. The van der Waals surface area contributed by atoms with Crippen LogP contribution in [-0.4, -0.2) is 26.7 Å². The van der Waals surface area contributed by atoms with Crippen LogP contribution < -0.4 is 0 Å². The molecule has 0 fully saturated rings. The second kappa shape index (κ2) is 2.93. The maximum atomic E-state index is 4.83. The molecule has 0 bridgehead atoms. The zero-order valence-electron chi connectivity index (χ0n) is 8.77. The lowest BCUT2D eigenvalue weighted by Crippen LogP contribution is -2.11. The van der Waals surface area contributed by atoms with Gasteiger partial charge in [0.1, 0.15) is 12.0 Å². The lowest BCUT2D eigenvalue weighted by Gasteiger charge is -2.07. The van der Waals surface area contributed by atoms with E-state index in [0.717, 1.165) is 30.3 Å². The zero-order valence-corrected chi connectivity index (χ0v) is 8.77. The van der Waals surface area contributed by atoms with E-state index in [9.17, 15) is 0 Å². The van der Waals surface area contributed by atoms with Crippen molar-refractivity contribution < 1.29 is 4.52 Å². The standard InChI is InChI=1S/C10H12N4O/c1-13-5-8-9(6-13)14(2)10(11-8)7-3-4-15-12-7/h3-4H,5-6H2,1-2H3. The Labute approximate surface area is 87.3 Å². The van der Waals surface area contributed by atoms with Crippen LogP contribution in [0.5, 0.6) is 0 Å². The Morgan fingerprint density at radius 2 is 2.20 bits per heavy atom. The van der Waals surface area contributed by atoms with Gasteiger partial charge in [-0.15, -0.1) is 0 Å². The van der Waals surface area contributed by atoms with Crippen molar-refractivity contribution in [2.45, 2.75) is 13.1 Å². The van der Waals surface area contributed by atoms with Crippen molar-refractivity contribution >= 4 is 0 Å². The minimum Gasteiger partial charge on any atom is -0.364 e. The Hall–Kier alpha value is -1.62. The third kappa shape index (κ3) is 1.20. The van der Waals surface area contributed by atoms with Crippen LogP contribution in [0.4, 0.5) is 0 Å². The molecule has 0 aromatic carbocycles. The molecule has 0 radical (unpaired) electrons. The molecule has 0 amide bonds. The molecular formula is C10H12N4O. The van der Waals surface area contributed by atoms with Gasteiger partial charge in [0.05, 0.1) is 11.4 Å². The first-order valence-corrected chi connectivity index (χ1v) is 4.89. The maximum absolute atomic E-state index is 4.83. The molecule has 2 aromatic heterocycles. The third-order valence-electron chi connectivity index (χ3n) is 2.80. The summed E-state index contributed by atoms with van der Waals surface area (Å²) >= 11 is 0. The quantitative estimate of drug-likeness (QED) is 0.695. The predicted octanol–water partition coefficient (Wildman–Crippen LogP) is 1.02. The van der Waals surface area contributed by atoms with Crippen molar-refractivity contribution in [2.24, 2.45) is 7.05 Å². The molecule has 1 aliphatic rings. The second-order valence-electron chi connectivity index (χ2n) is 3.94. The van der Waals surface area contributed by atoms with Crippen molar-refractivity contribution in [1.82, 2.24) is 19.6 Å². The van der Waals surface area contributed by atoms with Gasteiger partial charge in [0, 0.05) is 26.2 Å². The van der Waals surface area contributed by atoms with Gasteiger partial charge in [-0.1, -0.05) is 5.16 Å². The molecule has 15 heavy (non-hydrogen) atoms. The molecule has 0 atom stereocenters. The van der Waals surface area contributed by atoms with E-state index in [1.807, 2.05) is 13.1 Å². The monoisotopic (exact) mass is 204 g/mol. The van der Waals surface area contributed by atoms with Crippen LogP contribution >= 0.6 is 0 Å². The summed E-state index contributed by atoms with van der Waals surface area (Å²) in [6.45, 7) is 1.87. The fourth-order valence-corrected chi connectivity index (χ4v) is 2.04. The topological polar surface area (TPSA) is 47.1 Å². The predicted molar refractivity (Wildman–Crippen MR) is 53.9 cm³/mol. The molecule has 3 rings (SSSR count). The van der Waals surface area contributed by atoms with Crippen molar-refractivity contribution in [3.8, 4) is 11.5 Å². The van der Waals surface area contributed by atoms with E-state index in [-0.39, 0.29) is 0 Å². The fourth-order valence-electron chi connectivity index (χ4n) is 2.04. The molecule has 2 aromatic rings. The van der Waals surface area contributed by atoms with Gasteiger partial charge < -0.3 is 9.09 Å². The Bertz CT molecular complexity index is 486. The summed E-state index contributed by atoms with van der Waals surface area (Å²) in [6, 6.07) is 1.83. The van der Waals surface area contributed by atoms with E-state index in [1.54, 1.807) is 6.26 Å². The van der Waals surface area contributed by atoms with Crippen LogP contribution in [-0.2, 0) is 20.1 Å². The smallest absolute Gasteiger partial charge is 0.162 e. The van der Waals surface area contributed by atoms with E-state index in [1.165, 1.54) is 5.69 Å². The number of aromatic nitrogens is 3. The summed E-state index contributed by atoms with van der Waals surface area (Å²) in [7, 11) is 4.12. The van der Waals surface area contributed by atoms with Crippen LogP contribution in [0, 0.1) is 0 Å². The Morgan fingerprint density at radius 1 is 1.33 bits per heavy atom. The summed E-state index contributed by atoms with van der Waals surface area (Å²) in [5.41, 5.74) is 3.23. The number of fused-ring (bicyclic) bond motifs is 1. The van der Waals surface area contributed by atoms with Crippen LogP contribution in [0.25, 0.3) is 11.5 Å². The largest absolute Gasteiger partial charge is 0.364 e. The Morgan fingerprint density at radius 3 is 2.87 bits per heavy atom. The highest BCUT2D eigenvalue weighted by Crippen LogP contribution is 2.25. The minimum atomic E-state index is 0.801. The molecule has 3 heterocycles. The van der Waals surface area contributed by atoms with E-state index in [0.29, 0.717) is 0 Å². The first kappa shape index (κ1) is 8.67. The zero-order chi connectivity index (χ0) is 10.4. The van der Waals surface area contributed by atoms with Crippen LogP contribution in [0.3, 0.4) is 0 Å². The molecule has 0 spiro atoms. The van der Waals surface area contributed by atoms with E-state index >= 15 is 0 Å².